The van der Waals surface area contributed by atoms with Gasteiger partial charge in [0.05, 0.1) is 13.2 Å². The van der Waals surface area contributed by atoms with Crippen LogP contribution in [0.5, 0.6) is 0 Å². The first-order valence-corrected chi connectivity index (χ1v) is 22.3. The highest BCUT2D eigenvalue weighted by Crippen LogP contribution is 2.63. The molecule has 0 aromatic heterocycles. The quantitative estimate of drug-likeness (QED) is 0.0246. The van der Waals surface area contributed by atoms with Gasteiger partial charge in [0.25, 0.3) is 5.40 Å². The first-order chi connectivity index (χ1) is 23.4. The molecule has 290 valence electrons. The van der Waals surface area contributed by atoms with Crippen LogP contribution in [0.4, 0.5) is 0 Å². The fourth-order valence-electron chi connectivity index (χ4n) is 5.42. The largest absolute Gasteiger partial charge is 0.465 e. The molecular weight excluding hydrogens is 674 g/mol. The van der Waals surface area contributed by atoms with Gasteiger partial charge in [0.15, 0.2) is 6.10 Å². The zero-order chi connectivity index (χ0) is 36.8. The van der Waals surface area contributed by atoms with E-state index in [1.54, 1.807) is 0 Å². The Kier molecular flexibility index (Phi) is 29.5. The molecule has 0 rings (SSSR count). The van der Waals surface area contributed by atoms with Crippen LogP contribution < -0.4 is 0 Å². The molecular formula is C35H68O12P2. The summed E-state index contributed by atoms with van der Waals surface area (Å²) in [6.07, 6.45) is 23.4. The number of unbranched alkanes of at least 4 members (excludes halogenated alkanes) is 20. The van der Waals surface area contributed by atoms with Gasteiger partial charge in [-0.05, 0) is 19.8 Å². The van der Waals surface area contributed by atoms with Crippen molar-refractivity contribution in [2.24, 2.45) is 0 Å². The molecule has 0 aliphatic carbocycles. The Bertz CT molecular complexity index is 955. The molecule has 0 heterocycles. The Hall–Kier alpha value is -1.29. The summed E-state index contributed by atoms with van der Waals surface area (Å²) in [6, 6.07) is 0. The van der Waals surface area contributed by atoms with Crippen LogP contribution in [0.15, 0.2) is 0 Å². The number of rotatable bonds is 34. The maximum atomic E-state index is 12.8. The lowest BCUT2D eigenvalue weighted by Crippen LogP contribution is -2.31. The van der Waals surface area contributed by atoms with Crippen molar-refractivity contribution < 1.29 is 56.9 Å². The van der Waals surface area contributed by atoms with E-state index >= 15 is 0 Å². The molecule has 12 nitrogen and oxygen atoms in total. The number of hydrogen-bond donors (Lipinski definition) is 3. The lowest BCUT2D eigenvalue weighted by atomic mass is 10.1. The van der Waals surface area contributed by atoms with Gasteiger partial charge in [0.2, 0.25) is 0 Å². The van der Waals surface area contributed by atoms with E-state index < -0.39 is 57.8 Å². The highest BCUT2D eigenvalue weighted by atomic mass is 31.2. The third-order valence-electron chi connectivity index (χ3n) is 8.27. The Morgan fingerprint density at radius 3 is 1.31 bits per heavy atom. The number of ether oxygens (including phenoxy) is 3. The first-order valence-electron chi connectivity index (χ1n) is 18.9. The van der Waals surface area contributed by atoms with Crippen molar-refractivity contribution in [2.45, 2.75) is 186 Å². The Morgan fingerprint density at radius 2 is 0.918 bits per heavy atom. The molecule has 0 saturated heterocycles. The third kappa shape index (κ3) is 27.1. The molecule has 0 aromatic carbocycles. The van der Waals surface area contributed by atoms with Crippen LogP contribution in [0.3, 0.4) is 0 Å². The van der Waals surface area contributed by atoms with Crippen LogP contribution in [0, 0.1) is 0 Å². The van der Waals surface area contributed by atoms with Crippen LogP contribution in [-0.4, -0.2) is 63.9 Å². The minimum Gasteiger partial charge on any atom is -0.465 e. The van der Waals surface area contributed by atoms with Gasteiger partial charge in [-0.15, -0.1) is 0 Å². The zero-order valence-corrected chi connectivity index (χ0v) is 32.4. The van der Waals surface area contributed by atoms with Crippen molar-refractivity contribution in [3.63, 3.8) is 0 Å². The van der Waals surface area contributed by atoms with Gasteiger partial charge < -0.3 is 33.4 Å². The van der Waals surface area contributed by atoms with E-state index in [1.807, 2.05) is 0 Å². The maximum Gasteiger partial charge on any atom is 0.354 e. The van der Waals surface area contributed by atoms with Crippen LogP contribution in [0.2, 0.25) is 0 Å². The van der Waals surface area contributed by atoms with Gasteiger partial charge in [0, 0.05) is 12.8 Å². The van der Waals surface area contributed by atoms with Gasteiger partial charge in [-0.2, -0.15) is 0 Å². The van der Waals surface area contributed by atoms with E-state index in [4.69, 9.17) is 14.0 Å². The van der Waals surface area contributed by atoms with Crippen molar-refractivity contribution in [3.8, 4) is 0 Å². The summed E-state index contributed by atoms with van der Waals surface area (Å²) >= 11 is 0. The van der Waals surface area contributed by atoms with E-state index in [1.165, 1.54) is 90.4 Å². The predicted molar refractivity (Wildman–Crippen MR) is 191 cm³/mol. The molecule has 3 atom stereocenters. The van der Waals surface area contributed by atoms with Crippen LogP contribution >= 0.6 is 15.2 Å². The molecule has 14 heteroatoms. The molecule has 0 aliphatic heterocycles. The molecule has 0 bridgehead atoms. The lowest BCUT2D eigenvalue weighted by Gasteiger charge is -2.24. The summed E-state index contributed by atoms with van der Waals surface area (Å²) in [5.41, 5.74) is 0. The molecule has 0 amide bonds. The number of carbonyl (C=O) groups is 3. The summed E-state index contributed by atoms with van der Waals surface area (Å²) in [6.45, 7) is 4.17. The summed E-state index contributed by atoms with van der Waals surface area (Å²) < 4.78 is 44.8. The van der Waals surface area contributed by atoms with Crippen molar-refractivity contribution in [1.82, 2.24) is 0 Å². The average molecular weight is 743 g/mol. The second-order valence-corrected chi connectivity index (χ2v) is 16.9. The van der Waals surface area contributed by atoms with Crippen molar-refractivity contribution in [3.05, 3.63) is 0 Å². The maximum absolute atomic E-state index is 12.8. The Labute approximate surface area is 295 Å². The second kappa shape index (κ2) is 30.3. The van der Waals surface area contributed by atoms with Crippen LogP contribution in [-0.2, 0) is 42.2 Å². The molecule has 3 N–H and O–H groups in total. The van der Waals surface area contributed by atoms with E-state index in [0.29, 0.717) is 12.8 Å². The fourth-order valence-corrected chi connectivity index (χ4v) is 8.36. The second-order valence-electron chi connectivity index (χ2n) is 12.9. The normalized spacial score (nSPS) is 14.2. The molecule has 0 aliphatic rings. The fraction of sp³-hybridized carbons (Fsp3) is 0.914. The van der Waals surface area contributed by atoms with Gasteiger partial charge in [0.1, 0.15) is 6.61 Å². The molecule has 49 heavy (non-hydrogen) atoms. The van der Waals surface area contributed by atoms with E-state index in [0.717, 1.165) is 44.9 Å². The molecule has 0 saturated carbocycles. The Balaban J connectivity index is 4.84. The standard InChI is InChI=1S/C35H68O12P2/c1-4-7-9-11-13-15-17-19-21-23-25-27-32(36)45-29-31(30-46-49(42,43)35(48(39,40)41)34(38)44-6-3)47-33(37)28-26-24-22-20-18-16-14-12-10-8-5-2/h31,35H,4-30H2,1-3H3,(H,42,43)(H2,39,40,41)/t31-,35?/m1/s1. The Morgan fingerprint density at radius 1 is 0.531 bits per heavy atom. The van der Waals surface area contributed by atoms with Crippen LogP contribution in [0.1, 0.15) is 175 Å². The lowest BCUT2D eigenvalue weighted by molar-refractivity contribution is -0.161. The summed E-state index contributed by atoms with van der Waals surface area (Å²) in [7, 11) is -10.8. The number of carbonyl (C=O) groups excluding carboxylic acids is 3. The van der Waals surface area contributed by atoms with Gasteiger partial charge >= 0.3 is 33.1 Å². The van der Waals surface area contributed by atoms with E-state index in [-0.39, 0.29) is 19.4 Å². The molecule has 0 aromatic rings. The minimum absolute atomic E-state index is 0.0743. The van der Waals surface area contributed by atoms with Gasteiger partial charge in [-0.1, -0.05) is 142 Å². The van der Waals surface area contributed by atoms with Gasteiger partial charge in [-0.25, -0.2) is 0 Å². The third-order valence-corrected chi connectivity index (χ3v) is 12.2. The molecule has 2 unspecified atom stereocenters. The summed E-state index contributed by atoms with van der Waals surface area (Å²) in [5, 5.41) is -2.77. The van der Waals surface area contributed by atoms with Crippen molar-refractivity contribution in [2.75, 3.05) is 19.8 Å². The highest BCUT2D eigenvalue weighted by Gasteiger charge is 2.52. The highest BCUT2D eigenvalue weighted by molar-refractivity contribution is 7.72. The van der Waals surface area contributed by atoms with Crippen molar-refractivity contribution >= 4 is 33.1 Å². The SMILES string of the molecule is CCCCCCCCCCCCCC(=O)OC[C@H](COP(=O)(O)C(C(=O)OCC)P(=O)(O)O)OC(=O)CCCCCCCCCCCCC. The topological polar surface area (TPSA) is 183 Å². The number of hydrogen-bond acceptors (Lipinski definition) is 9. The molecule has 0 fully saturated rings. The number of esters is 3. The first kappa shape index (κ1) is 47.7. The van der Waals surface area contributed by atoms with Crippen molar-refractivity contribution in [1.29, 1.82) is 0 Å². The van der Waals surface area contributed by atoms with Gasteiger partial charge in [-0.3, -0.25) is 23.5 Å². The summed E-state index contributed by atoms with van der Waals surface area (Å²) in [5.74, 6) is -2.75. The van der Waals surface area contributed by atoms with Crippen LogP contribution in [0.25, 0.3) is 0 Å². The average Bonchev–Trinajstić information content (AvgIpc) is 3.03. The minimum atomic E-state index is -5.47. The predicted octanol–water partition coefficient (Wildman–Crippen LogP) is 9.11. The van der Waals surface area contributed by atoms with E-state index in [2.05, 4.69) is 18.6 Å². The smallest absolute Gasteiger partial charge is 0.354 e. The summed E-state index contributed by atoms with van der Waals surface area (Å²) in [4.78, 5) is 66.6. The molecule has 0 spiro atoms. The monoisotopic (exact) mass is 742 g/mol. The zero-order valence-electron chi connectivity index (χ0n) is 30.7. The van der Waals surface area contributed by atoms with E-state index in [9.17, 15) is 38.2 Å². The molecule has 0 radical (unpaired) electrons.